The van der Waals surface area contributed by atoms with Crippen LogP contribution in [0, 0.1) is 11.3 Å². The first kappa shape index (κ1) is 16.3. The topological polar surface area (TPSA) is 118 Å². The van der Waals surface area contributed by atoms with Gasteiger partial charge in [-0.15, -0.1) is 0 Å². The van der Waals surface area contributed by atoms with Crippen LogP contribution in [0.4, 0.5) is 11.4 Å². The van der Waals surface area contributed by atoms with Crippen LogP contribution in [0.3, 0.4) is 0 Å². The molecule has 2 amide bonds. The molecular weight excluding hydrogens is 324 g/mol. The molecule has 126 valence electrons. The Bertz CT molecular complexity index is 923. The number of amides is 2. The molecule has 0 saturated carbocycles. The highest BCUT2D eigenvalue weighted by atomic mass is 16.5. The lowest BCUT2D eigenvalue weighted by Gasteiger charge is -2.16. The van der Waals surface area contributed by atoms with Gasteiger partial charge in [0, 0.05) is 24.7 Å². The Labute approximate surface area is 143 Å². The first-order chi connectivity index (χ1) is 12.0. The highest BCUT2D eigenvalue weighted by molar-refractivity contribution is 6.19. The molecule has 0 unspecified atom stereocenters. The minimum absolute atomic E-state index is 0.00748. The first-order valence-electron chi connectivity index (χ1n) is 7.43. The number of carbonyl (C=O) groups excluding carboxylic acids is 3. The summed E-state index contributed by atoms with van der Waals surface area (Å²) >= 11 is 0. The number of nitrogens with two attached hydrogens (primary N) is 1. The number of aromatic nitrogens is 1. The lowest BCUT2D eigenvalue weighted by molar-refractivity contribution is -0.121. The molecule has 2 aromatic rings. The fourth-order valence-corrected chi connectivity index (χ4v) is 2.76. The van der Waals surface area contributed by atoms with E-state index in [1.54, 1.807) is 24.3 Å². The van der Waals surface area contributed by atoms with E-state index in [1.807, 2.05) is 6.07 Å². The molecule has 1 aromatic heterocycles. The Balaban J connectivity index is 2.14. The number of nitrogens with zero attached hydrogens (tertiary/aromatic N) is 3. The van der Waals surface area contributed by atoms with Gasteiger partial charge in [-0.2, -0.15) is 5.26 Å². The SMILES string of the molecule is COC(=O)c1c(N)c(C#N)cn1-c1cccc(N2C(=O)CCC2=O)c1. The van der Waals surface area contributed by atoms with Gasteiger partial charge < -0.3 is 15.0 Å². The van der Waals surface area contributed by atoms with E-state index in [1.165, 1.54) is 17.9 Å². The molecule has 1 aromatic carbocycles. The third-order valence-corrected chi connectivity index (χ3v) is 3.96. The Kier molecular flexibility index (Phi) is 3.99. The Hall–Kier alpha value is -3.60. The molecule has 1 aliphatic rings. The summed E-state index contributed by atoms with van der Waals surface area (Å²) in [6.45, 7) is 0. The molecule has 8 nitrogen and oxygen atoms in total. The molecule has 0 aliphatic carbocycles. The van der Waals surface area contributed by atoms with Crippen LogP contribution in [0.1, 0.15) is 28.9 Å². The number of hydrogen-bond donors (Lipinski definition) is 1. The summed E-state index contributed by atoms with van der Waals surface area (Å²) in [4.78, 5) is 37.0. The largest absolute Gasteiger partial charge is 0.464 e. The second kappa shape index (κ2) is 6.13. The number of anilines is 2. The van der Waals surface area contributed by atoms with Crippen molar-refractivity contribution in [3.05, 3.63) is 41.7 Å². The second-order valence-electron chi connectivity index (χ2n) is 5.42. The van der Waals surface area contributed by atoms with E-state index in [2.05, 4.69) is 0 Å². The number of methoxy groups -OCH3 is 1. The average molecular weight is 338 g/mol. The lowest BCUT2D eigenvalue weighted by atomic mass is 10.2. The molecule has 8 heteroatoms. The quantitative estimate of drug-likeness (QED) is 0.667. The van der Waals surface area contributed by atoms with Gasteiger partial charge in [0.15, 0.2) is 5.69 Å². The van der Waals surface area contributed by atoms with Gasteiger partial charge in [-0.3, -0.25) is 14.5 Å². The number of esters is 1. The van der Waals surface area contributed by atoms with Gasteiger partial charge in [0.25, 0.3) is 0 Å². The van der Waals surface area contributed by atoms with E-state index in [9.17, 15) is 14.4 Å². The number of rotatable bonds is 3. The minimum Gasteiger partial charge on any atom is -0.464 e. The minimum atomic E-state index is -0.697. The summed E-state index contributed by atoms with van der Waals surface area (Å²) in [6.07, 6.45) is 1.76. The number of carbonyl (C=O) groups is 3. The van der Waals surface area contributed by atoms with Crippen molar-refractivity contribution in [2.24, 2.45) is 0 Å². The zero-order valence-electron chi connectivity index (χ0n) is 13.4. The molecule has 25 heavy (non-hydrogen) atoms. The molecular formula is C17H14N4O4. The Morgan fingerprint density at radius 3 is 2.48 bits per heavy atom. The number of nitrogen functional groups attached to an aromatic ring is 1. The number of nitriles is 1. The second-order valence-corrected chi connectivity index (χ2v) is 5.42. The van der Waals surface area contributed by atoms with E-state index >= 15 is 0 Å². The van der Waals surface area contributed by atoms with E-state index < -0.39 is 5.97 Å². The fraction of sp³-hybridized carbons (Fsp3) is 0.176. The molecule has 0 bridgehead atoms. The maximum Gasteiger partial charge on any atom is 0.357 e. The zero-order chi connectivity index (χ0) is 18.1. The van der Waals surface area contributed by atoms with Gasteiger partial charge in [0.2, 0.25) is 11.8 Å². The average Bonchev–Trinajstić information content (AvgIpc) is 3.13. The van der Waals surface area contributed by atoms with Crippen molar-refractivity contribution in [3.8, 4) is 11.8 Å². The van der Waals surface area contributed by atoms with Crippen LogP contribution >= 0.6 is 0 Å². The molecule has 2 heterocycles. The number of benzene rings is 1. The van der Waals surface area contributed by atoms with Gasteiger partial charge in [-0.25, -0.2) is 4.79 Å². The van der Waals surface area contributed by atoms with Crippen molar-refractivity contribution in [3.63, 3.8) is 0 Å². The van der Waals surface area contributed by atoms with Crippen molar-refractivity contribution in [1.82, 2.24) is 4.57 Å². The Morgan fingerprint density at radius 1 is 1.24 bits per heavy atom. The first-order valence-corrected chi connectivity index (χ1v) is 7.43. The standard InChI is InChI=1S/C17H14N4O4/c1-25-17(24)16-15(19)10(8-18)9-20(16)11-3-2-4-12(7-11)21-13(22)5-6-14(21)23/h2-4,7,9H,5-6,19H2,1H3. The van der Waals surface area contributed by atoms with E-state index in [0.717, 1.165) is 4.90 Å². The van der Waals surface area contributed by atoms with Crippen molar-refractivity contribution < 1.29 is 19.1 Å². The summed E-state index contributed by atoms with van der Waals surface area (Å²) in [6, 6.07) is 8.43. The number of ether oxygens (including phenoxy) is 1. The van der Waals surface area contributed by atoms with Gasteiger partial charge in [0.1, 0.15) is 6.07 Å². The summed E-state index contributed by atoms with van der Waals surface area (Å²) in [5.41, 5.74) is 6.88. The van der Waals surface area contributed by atoms with E-state index in [-0.39, 0.29) is 41.6 Å². The van der Waals surface area contributed by atoms with E-state index in [0.29, 0.717) is 11.4 Å². The summed E-state index contributed by atoms with van der Waals surface area (Å²) in [5, 5.41) is 9.16. The molecule has 2 N–H and O–H groups in total. The highest BCUT2D eigenvalue weighted by Gasteiger charge is 2.30. The molecule has 1 saturated heterocycles. The van der Waals surface area contributed by atoms with Crippen LogP contribution in [0.2, 0.25) is 0 Å². The third kappa shape index (κ3) is 2.61. The van der Waals surface area contributed by atoms with Crippen LogP contribution in [0.25, 0.3) is 5.69 Å². The summed E-state index contributed by atoms with van der Waals surface area (Å²) in [5.74, 6) is -1.25. The van der Waals surface area contributed by atoms with Crippen molar-refractivity contribution >= 4 is 29.2 Å². The maximum absolute atomic E-state index is 12.1. The van der Waals surface area contributed by atoms with Crippen LogP contribution in [-0.2, 0) is 14.3 Å². The van der Waals surface area contributed by atoms with E-state index in [4.69, 9.17) is 15.7 Å². The van der Waals surface area contributed by atoms with Crippen LogP contribution in [0.5, 0.6) is 0 Å². The normalized spacial score (nSPS) is 13.8. The smallest absolute Gasteiger partial charge is 0.357 e. The summed E-state index contributed by atoms with van der Waals surface area (Å²) in [7, 11) is 1.21. The van der Waals surface area contributed by atoms with Crippen molar-refractivity contribution in [2.75, 3.05) is 17.7 Å². The monoisotopic (exact) mass is 338 g/mol. The third-order valence-electron chi connectivity index (χ3n) is 3.96. The molecule has 3 rings (SSSR count). The van der Waals surface area contributed by atoms with Gasteiger partial charge in [-0.1, -0.05) is 6.07 Å². The predicted molar refractivity (Wildman–Crippen MR) is 88.0 cm³/mol. The predicted octanol–water partition coefficient (Wildman–Crippen LogP) is 1.37. The van der Waals surface area contributed by atoms with Crippen LogP contribution < -0.4 is 10.6 Å². The molecule has 1 aliphatic heterocycles. The highest BCUT2D eigenvalue weighted by Crippen LogP contribution is 2.28. The lowest BCUT2D eigenvalue weighted by Crippen LogP contribution is -2.28. The molecule has 0 radical (unpaired) electrons. The van der Waals surface area contributed by atoms with Gasteiger partial charge >= 0.3 is 5.97 Å². The molecule has 0 spiro atoms. The zero-order valence-corrected chi connectivity index (χ0v) is 13.4. The fourth-order valence-electron chi connectivity index (χ4n) is 2.76. The number of imide groups is 1. The van der Waals surface area contributed by atoms with Crippen molar-refractivity contribution in [1.29, 1.82) is 5.26 Å². The Morgan fingerprint density at radius 2 is 1.88 bits per heavy atom. The maximum atomic E-state index is 12.1. The number of hydrogen-bond acceptors (Lipinski definition) is 6. The van der Waals surface area contributed by atoms with Gasteiger partial charge in [0.05, 0.1) is 24.0 Å². The molecule has 1 fully saturated rings. The summed E-state index contributed by atoms with van der Waals surface area (Å²) < 4.78 is 6.14. The van der Waals surface area contributed by atoms with Crippen molar-refractivity contribution in [2.45, 2.75) is 12.8 Å². The van der Waals surface area contributed by atoms with Crippen LogP contribution in [-0.4, -0.2) is 29.5 Å². The molecule has 0 atom stereocenters. The van der Waals surface area contributed by atoms with Gasteiger partial charge in [-0.05, 0) is 18.2 Å². The van der Waals surface area contributed by atoms with Crippen LogP contribution in [0.15, 0.2) is 30.5 Å².